The SMILES string of the molecule is Nc1ccc(C=C(C(=O)O)c2ccc(N)cc2)cc1. The molecule has 0 aromatic heterocycles. The Bertz CT molecular complexity index is 614. The zero-order valence-corrected chi connectivity index (χ0v) is 10.2. The summed E-state index contributed by atoms with van der Waals surface area (Å²) in [5.41, 5.74) is 14.0. The Balaban J connectivity index is 2.43. The highest BCUT2D eigenvalue weighted by atomic mass is 16.4. The summed E-state index contributed by atoms with van der Waals surface area (Å²) in [7, 11) is 0. The molecule has 4 nitrogen and oxygen atoms in total. The third-order valence-corrected chi connectivity index (χ3v) is 2.70. The largest absolute Gasteiger partial charge is 0.478 e. The average Bonchev–Trinajstić information content (AvgIpc) is 2.39. The Morgan fingerprint density at radius 3 is 1.84 bits per heavy atom. The number of anilines is 2. The number of carboxylic acid groups (broad SMARTS) is 1. The standard InChI is InChI=1S/C15H14N2O2/c16-12-5-1-10(2-6-12)9-14(15(18)19)11-3-7-13(17)8-4-11/h1-9H,16-17H2,(H,18,19). The first-order valence-electron chi connectivity index (χ1n) is 5.73. The molecule has 0 bridgehead atoms. The molecular weight excluding hydrogens is 240 g/mol. The number of nitrogens with two attached hydrogens (primary N) is 2. The normalized spacial score (nSPS) is 11.3. The lowest BCUT2D eigenvalue weighted by Crippen LogP contribution is -2.00. The molecule has 0 aliphatic heterocycles. The van der Waals surface area contributed by atoms with E-state index < -0.39 is 5.97 Å². The second-order valence-corrected chi connectivity index (χ2v) is 4.15. The Hall–Kier alpha value is -2.75. The number of benzene rings is 2. The van der Waals surface area contributed by atoms with Crippen LogP contribution in [0.5, 0.6) is 0 Å². The van der Waals surface area contributed by atoms with Crippen molar-refractivity contribution in [3.8, 4) is 0 Å². The van der Waals surface area contributed by atoms with Gasteiger partial charge in [-0.3, -0.25) is 0 Å². The lowest BCUT2D eigenvalue weighted by molar-refractivity contribution is -0.130. The van der Waals surface area contributed by atoms with Gasteiger partial charge < -0.3 is 16.6 Å². The number of carboxylic acids is 1. The second-order valence-electron chi connectivity index (χ2n) is 4.15. The van der Waals surface area contributed by atoms with E-state index in [0.29, 0.717) is 16.9 Å². The summed E-state index contributed by atoms with van der Waals surface area (Å²) in [6.45, 7) is 0. The monoisotopic (exact) mass is 254 g/mol. The smallest absolute Gasteiger partial charge is 0.336 e. The Labute approximate surface area is 111 Å². The molecule has 0 atom stereocenters. The number of nitrogen functional groups attached to an aromatic ring is 2. The van der Waals surface area contributed by atoms with Crippen molar-refractivity contribution in [2.75, 3.05) is 11.5 Å². The summed E-state index contributed by atoms with van der Waals surface area (Å²) in [6.07, 6.45) is 1.60. The molecule has 2 aromatic rings. The van der Waals surface area contributed by atoms with E-state index in [1.807, 2.05) is 0 Å². The molecule has 0 amide bonds. The number of aliphatic carboxylic acids is 1. The fourth-order valence-electron chi connectivity index (χ4n) is 1.69. The predicted octanol–water partition coefficient (Wildman–Crippen LogP) is 2.48. The fraction of sp³-hybridized carbons (Fsp3) is 0. The fourth-order valence-corrected chi connectivity index (χ4v) is 1.69. The van der Waals surface area contributed by atoms with Crippen LogP contribution in [0.2, 0.25) is 0 Å². The minimum absolute atomic E-state index is 0.213. The van der Waals surface area contributed by atoms with Gasteiger partial charge in [0.15, 0.2) is 0 Å². The van der Waals surface area contributed by atoms with Gasteiger partial charge in [0, 0.05) is 11.4 Å². The van der Waals surface area contributed by atoms with Crippen LogP contribution in [0.15, 0.2) is 48.5 Å². The Morgan fingerprint density at radius 1 is 0.895 bits per heavy atom. The number of hydrogen-bond acceptors (Lipinski definition) is 3. The van der Waals surface area contributed by atoms with Gasteiger partial charge in [-0.1, -0.05) is 24.3 Å². The van der Waals surface area contributed by atoms with Crippen molar-refractivity contribution in [3.63, 3.8) is 0 Å². The molecule has 0 saturated carbocycles. The molecule has 5 N–H and O–H groups in total. The maximum absolute atomic E-state index is 11.3. The topological polar surface area (TPSA) is 89.3 Å². The summed E-state index contributed by atoms with van der Waals surface area (Å²) in [4.78, 5) is 11.3. The van der Waals surface area contributed by atoms with Crippen LogP contribution in [0, 0.1) is 0 Å². The number of hydrogen-bond donors (Lipinski definition) is 3. The molecule has 0 aliphatic rings. The van der Waals surface area contributed by atoms with Crippen molar-refractivity contribution in [1.82, 2.24) is 0 Å². The molecule has 2 rings (SSSR count). The molecule has 0 unspecified atom stereocenters. The second kappa shape index (κ2) is 5.27. The van der Waals surface area contributed by atoms with Crippen LogP contribution in [0.4, 0.5) is 11.4 Å². The van der Waals surface area contributed by atoms with Crippen LogP contribution < -0.4 is 11.5 Å². The third kappa shape index (κ3) is 3.13. The Kier molecular flexibility index (Phi) is 3.52. The van der Waals surface area contributed by atoms with Gasteiger partial charge in [0.25, 0.3) is 0 Å². The minimum atomic E-state index is -0.985. The van der Waals surface area contributed by atoms with Gasteiger partial charge in [-0.2, -0.15) is 0 Å². The van der Waals surface area contributed by atoms with Crippen molar-refractivity contribution < 1.29 is 9.90 Å². The van der Waals surface area contributed by atoms with E-state index in [9.17, 15) is 9.90 Å². The lowest BCUT2D eigenvalue weighted by atomic mass is 10.0. The third-order valence-electron chi connectivity index (χ3n) is 2.70. The molecule has 0 spiro atoms. The molecule has 4 heteroatoms. The van der Waals surface area contributed by atoms with E-state index >= 15 is 0 Å². The van der Waals surface area contributed by atoms with Crippen LogP contribution in [0.25, 0.3) is 11.6 Å². The Morgan fingerprint density at radius 2 is 1.37 bits per heavy atom. The molecule has 96 valence electrons. The van der Waals surface area contributed by atoms with E-state index in [0.717, 1.165) is 5.56 Å². The summed E-state index contributed by atoms with van der Waals surface area (Å²) in [6, 6.07) is 13.7. The van der Waals surface area contributed by atoms with E-state index in [1.54, 1.807) is 54.6 Å². The molecule has 0 aliphatic carbocycles. The summed E-state index contributed by atoms with van der Waals surface area (Å²) in [5, 5.41) is 9.29. The van der Waals surface area contributed by atoms with E-state index in [1.165, 1.54) is 0 Å². The van der Waals surface area contributed by atoms with Crippen molar-refractivity contribution in [1.29, 1.82) is 0 Å². The highest BCUT2D eigenvalue weighted by Crippen LogP contribution is 2.20. The summed E-state index contributed by atoms with van der Waals surface area (Å²) >= 11 is 0. The van der Waals surface area contributed by atoms with Crippen molar-refractivity contribution in [3.05, 3.63) is 59.7 Å². The van der Waals surface area contributed by atoms with Gasteiger partial charge in [-0.25, -0.2) is 4.79 Å². The van der Waals surface area contributed by atoms with Gasteiger partial charge in [0.1, 0.15) is 0 Å². The van der Waals surface area contributed by atoms with Crippen molar-refractivity contribution in [2.45, 2.75) is 0 Å². The van der Waals surface area contributed by atoms with Crippen LogP contribution in [0.1, 0.15) is 11.1 Å². The van der Waals surface area contributed by atoms with E-state index in [2.05, 4.69) is 0 Å². The first-order chi connectivity index (χ1) is 9.06. The number of rotatable bonds is 3. The van der Waals surface area contributed by atoms with Gasteiger partial charge in [0.05, 0.1) is 5.57 Å². The highest BCUT2D eigenvalue weighted by Gasteiger charge is 2.10. The predicted molar refractivity (Wildman–Crippen MR) is 77.2 cm³/mol. The zero-order chi connectivity index (χ0) is 13.8. The van der Waals surface area contributed by atoms with Gasteiger partial charge in [0.2, 0.25) is 0 Å². The van der Waals surface area contributed by atoms with Crippen LogP contribution in [-0.4, -0.2) is 11.1 Å². The van der Waals surface area contributed by atoms with Crippen molar-refractivity contribution >= 4 is 29.0 Å². The maximum Gasteiger partial charge on any atom is 0.336 e. The minimum Gasteiger partial charge on any atom is -0.478 e. The molecule has 2 aromatic carbocycles. The summed E-state index contributed by atoms with van der Waals surface area (Å²) in [5.74, 6) is -0.985. The van der Waals surface area contributed by atoms with Gasteiger partial charge in [-0.15, -0.1) is 0 Å². The van der Waals surface area contributed by atoms with Crippen LogP contribution in [0.3, 0.4) is 0 Å². The quantitative estimate of drug-likeness (QED) is 0.446. The van der Waals surface area contributed by atoms with Crippen LogP contribution in [-0.2, 0) is 4.79 Å². The maximum atomic E-state index is 11.3. The van der Waals surface area contributed by atoms with E-state index in [-0.39, 0.29) is 5.57 Å². The van der Waals surface area contributed by atoms with Gasteiger partial charge >= 0.3 is 5.97 Å². The molecule has 0 heterocycles. The molecule has 0 radical (unpaired) electrons. The van der Waals surface area contributed by atoms with E-state index in [4.69, 9.17) is 11.5 Å². The molecular formula is C15H14N2O2. The van der Waals surface area contributed by atoms with Gasteiger partial charge in [-0.05, 0) is 41.5 Å². The molecule has 0 fully saturated rings. The highest BCUT2D eigenvalue weighted by molar-refractivity contribution is 6.20. The van der Waals surface area contributed by atoms with Crippen molar-refractivity contribution in [2.24, 2.45) is 0 Å². The molecule has 0 saturated heterocycles. The first-order valence-corrected chi connectivity index (χ1v) is 5.73. The lowest BCUT2D eigenvalue weighted by Gasteiger charge is -2.04. The van der Waals surface area contributed by atoms with Crippen LogP contribution >= 0.6 is 0 Å². The summed E-state index contributed by atoms with van der Waals surface area (Å²) < 4.78 is 0. The first kappa shape index (κ1) is 12.7. The average molecular weight is 254 g/mol. The zero-order valence-electron chi connectivity index (χ0n) is 10.2. The number of carbonyl (C=O) groups is 1. The molecule has 19 heavy (non-hydrogen) atoms.